The van der Waals surface area contributed by atoms with Crippen LogP contribution in [0, 0.1) is 0 Å². The van der Waals surface area contributed by atoms with Crippen molar-refractivity contribution in [1.29, 1.82) is 0 Å². The maximum atomic E-state index is 5.24. The van der Waals surface area contributed by atoms with Crippen LogP contribution in [0.15, 0.2) is 188 Å². The molecule has 1 aromatic heterocycles. The van der Waals surface area contributed by atoms with Gasteiger partial charge in [-0.15, -0.1) is 0 Å². The van der Waals surface area contributed by atoms with Gasteiger partial charge in [-0.1, -0.05) is 140 Å². The minimum atomic E-state index is 0.202. The smallest absolute Gasteiger partial charge is 0.150 e. The Morgan fingerprint density at radius 3 is 1.58 bits per heavy atom. The molecule has 1 atom stereocenters. The van der Waals surface area contributed by atoms with Crippen LogP contribution in [0.2, 0.25) is 0 Å². The minimum Gasteiger partial charge on any atom is -0.248 e. The summed E-state index contributed by atoms with van der Waals surface area (Å²) in [4.78, 5) is 5.24. The lowest BCUT2D eigenvalue weighted by atomic mass is 9.75. The summed E-state index contributed by atoms with van der Waals surface area (Å²) in [6.07, 6.45) is 0.952. The highest BCUT2D eigenvalue weighted by molar-refractivity contribution is 5.98. The molecule has 7 aromatic carbocycles. The van der Waals surface area contributed by atoms with E-state index in [0.717, 1.165) is 34.5 Å². The van der Waals surface area contributed by atoms with E-state index in [1.165, 1.54) is 61.6 Å². The number of nitrogens with zero attached hydrogens (tertiary/aromatic N) is 2. The topological polar surface area (TPSA) is 12.9 Å². The first-order chi connectivity index (χ1) is 25.6. The highest BCUT2D eigenvalue weighted by Gasteiger charge is 2.43. The quantitative estimate of drug-likeness (QED) is 0.167. The molecule has 2 aliphatic rings. The SMILES string of the molecule is C[N+]1(c2cc(-c3cc(-c4ccccc4)nc(-c4ccccc4)c3)cc(C3Cc4ccccc4-c4ccccc43)c2)c2ccccc2-c2ccccc21. The van der Waals surface area contributed by atoms with Crippen LogP contribution in [-0.2, 0) is 6.42 Å². The molecule has 0 saturated carbocycles. The Morgan fingerprint density at radius 1 is 0.442 bits per heavy atom. The third-order valence-corrected chi connectivity index (χ3v) is 11.3. The molecule has 8 aromatic rings. The molecule has 2 heteroatoms. The van der Waals surface area contributed by atoms with Crippen LogP contribution < -0.4 is 4.48 Å². The number of pyridine rings is 1. The lowest BCUT2D eigenvalue weighted by molar-refractivity contribution is 0.640. The third kappa shape index (κ3) is 4.87. The predicted octanol–water partition coefficient (Wildman–Crippen LogP) is 13.0. The molecule has 0 radical (unpaired) electrons. The second kappa shape index (κ2) is 12.2. The molecule has 10 rings (SSSR count). The van der Waals surface area contributed by atoms with Gasteiger partial charge in [0.05, 0.1) is 18.4 Å². The van der Waals surface area contributed by atoms with Gasteiger partial charge in [0.25, 0.3) is 0 Å². The number of hydrogen-bond donors (Lipinski definition) is 0. The van der Waals surface area contributed by atoms with Gasteiger partial charge in [-0.3, -0.25) is 0 Å². The fourth-order valence-electron chi connectivity index (χ4n) is 8.70. The first-order valence-electron chi connectivity index (χ1n) is 18.2. The molecule has 0 bridgehead atoms. The Bertz CT molecular complexity index is 2520. The number of para-hydroxylation sites is 2. The largest absolute Gasteiger partial charge is 0.248 e. The molecular formula is C50H37N2+. The summed E-state index contributed by atoms with van der Waals surface area (Å²) < 4.78 is 0.598. The van der Waals surface area contributed by atoms with E-state index in [9.17, 15) is 0 Å². The molecule has 0 spiro atoms. The van der Waals surface area contributed by atoms with Gasteiger partial charge in [0.2, 0.25) is 0 Å². The van der Waals surface area contributed by atoms with E-state index in [0.29, 0.717) is 4.48 Å². The number of benzene rings is 7. The highest BCUT2D eigenvalue weighted by atomic mass is 15.4. The van der Waals surface area contributed by atoms with Crippen molar-refractivity contribution in [2.45, 2.75) is 12.3 Å². The van der Waals surface area contributed by atoms with Gasteiger partial charge in [0.1, 0.15) is 5.69 Å². The number of hydrogen-bond acceptors (Lipinski definition) is 1. The predicted molar refractivity (Wildman–Crippen MR) is 217 cm³/mol. The summed E-state index contributed by atoms with van der Waals surface area (Å²) in [6.45, 7) is 0. The van der Waals surface area contributed by atoms with Crippen molar-refractivity contribution in [3.8, 4) is 55.9 Å². The van der Waals surface area contributed by atoms with Crippen LogP contribution in [0.5, 0.6) is 0 Å². The van der Waals surface area contributed by atoms with Crippen molar-refractivity contribution in [3.63, 3.8) is 0 Å². The van der Waals surface area contributed by atoms with Gasteiger partial charge in [-0.05, 0) is 69.6 Å². The molecule has 1 aliphatic carbocycles. The molecule has 1 unspecified atom stereocenters. The van der Waals surface area contributed by atoms with Crippen LogP contribution in [0.3, 0.4) is 0 Å². The van der Waals surface area contributed by atoms with Crippen LogP contribution >= 0.6 is 0 Å². The van der Waals surface area contributed by atoms with E-state index in [1.54, 1.807) is 0 Å². The molecule has 1 aliphatic heterocycles. The fraction of sp³-hybridized carbons (Fsp3) is 0.0600. The lowest BCUT2D eigenvalue weighted by Gasteiger charge is -2.33. The summed E-state index contributed by atoms with van der Waals surface area (Å²) in [7, 11) is 2.37. The summed E-state index contributed by atoms with van der Waals surface area (Å²) in [5.74, 6) is 0.202. The van der Waals surface area contributed by atoms with Crippen molar-refractivity contribution in [3.05, 3.63) is 205 Å². The second-order valence-electron chi connectivity index (χ2n) is 14.2. The number of quaternary nitrogens is 1. The van der Waals surface area contributed by atoms with Crippen LogP contribution in [0.25, 0.3) is 55.9 Å². The summed E-state index contributed by atoms with van der Waals surface area (Å²) in [6, 6.07) is 68.9. The molecule has 2 heterocycles. The normalized spacial score (nSPS) is 14.9. The Labute approximate surface area is 305 Å². The van der Waals surface area contributed by atoms with Crippen molar-refractivity contribution >= 4 is 17.1 Å². The molecule has 0 amide bonds. The molecular weight excluding hydrogens is 629 g/mol. The zero-order valence-electron chi connectivity index (χ0n) is 29.1. The minimum absolute atomic E-state index is 0.202. The van der Waals surface area contributed by atoms with E-state index in [1.807, 2.05) is 0 Å². The van der Waals surface area contributed by atoms with Gasteiger partial charge < -0.3 is 0 Å². The van der Waals surface area contributed by atoms with E-state index in [2.05, 4.69) is 195 Å². The average molecular weight is 666 g/mol. The molecule has 0 fully saturated rings. The van der Waals surface area contributed by atoms with Gasteiger partial charge >= 0.3 is 0 Å². The van der Waals surface area contributed by atoms with E-state index < -0.39 is 0 Å². The monoisotopic (exact) mass is 665 g/mol. The zero-order valence-corrected chi connectivity index (χ0v) is 29.1. The maximum absolute atomic E-state index is 5.24. The third-order valence-electron chi connectivity index (χ3n) is 11.3. The first kappa shape index (κ1) is 30.5. The fourth-order valence-corrected chi connectivity index (χ4v) is 8.70. The van der Waals surface area contributed by atoms with Crippen LogP contribution in [0.1, 0.15) is 22.6 Å². The van der Waals surface area contributed by atoms with Gasteiger partial charge in [-0.2, -0.15) is 0 Å². The van der Waals surface area contributed by atoms with Gasteiger partial charge in [0.15, 0.2) is 11.4 Å². The summed E-state index contributed by atoms with van der Waals surface area (Å²) in [5, 5.41) is 0. The van der Waals surface area contributed by atoms with E-state index in [4.69, 9.17) is 4.98 Å². The Hall–Kier alpha value is -6.35. The average Bonchev–Trinajstić information content (AvgIpc) is 3.49. The summed E-state index contributed by atoms with van der Waals surface area (Å²) in [5.41, 5.74) is 19.8. The zero-order chi connectivity index (χ0) is 34.6. The van der Waals surface area contributed by atoms with Crippen molar-refractivity contribution in [2.75, 3.05) is 7.05 Å². The molecule has 0 N–H and O–H groups in total. The highest BCUT2D eigenvalue weighted by Crippen LogP contribution is 2.57. The summed E-state index contributed by atoms with van der Waals surface area (Å²) >= 11 is 0. The number of aromatic nitrogens is 1. The first-order valence-corrected chi connectivity index (χ1v) is 18.2. The standard InChI is InChI=1S/C50H37N2/c1-52(49-26-14-12-24-44(49)45-25-13-15-27-50(45)52)40-29-37(28-39(30-40)46-31-36-20-8-9-21-41(36)42-22-10-11-23-43(42)46)38-32-47(34-16-4-2-5-17-34)51-48(33-38)35-18-6-3-7-19-35/h2-30,32-33,46H,31H2,1H3/q+1. The second-order valence-corrected chi connectivity index (χ2v) is 14.2. The number of fused-ring (bicyclic) bond motifs is 6. The Balaban J connectivity index is 1.25. The molecule has 0 saturated heterocycles. The van der Waals surface area contributed by atoms with Crippen molar-refractivity contribution in [1.82, 2.24) is 9.47 Å². The van der Waals surface area contributed by atoms with E-state index in [-0.39, 0.29) is 5.92 Å². The van der Waals surface area contributed by atoms with E-state index >= 15 is 0 Å². The van der Waals surface area contributed by atoms with Crippen LogP contribution in [0.4, 0.5) is 17.1 Å². The molecule has 52 heavy (non-hydrogen) atoms. The van der Waals surface area contributed by atoms with Gasteiger partial charge in [0, 0.05) is 52.4 Å². The van der Waals surface area contributed by atoms with Crippen molar-refractivity contribution in [2.24, 2.45) is 0 Å². The molecule has 2 nitrogen and oxygen atoms in total. The van der Waals surface area contributed by atoms with Gasteiger partial charge in [-0.25, -0.2) is 9.47 Å². The maximum Gasteiger partial charge on any atom is 0.150 e. The molecule has 246 valence electrons. The Kier molecular flexibility index (Phi) is 7.12. The van der Waals surface area contributed by atoms with Crippen LogP contribution in [-0.4, -0.2) is 12.0 Å². The lowest BCUT2D eigenvalue weighted by Crippen LogP contribution is -2.31. The Morgan fingerprint density at radius 2 is 0.942 bits per heavy atom. The van der Waals surface area contributed by atoms with Crippen molar-refractivity contribution < 1.29 is 0 Å². The number of rotatable bonds is 5.